The van der Waals surface area contributed by atoms with Gasteiger partial charge < -0.3 is 14.8 Å². The van der Waals surface area contributed by atoms with Crippen LogP contribution in [-0.2, 0) is 17.6 Å². The molecule has 1 amide bonds. The topological polar surface area (TPSA) is 122 Å². The highest BCUT2D eigenvalue weighted by atomic mass is 16.5. The van der Waals surface area contributed by atoms with Crippen LogP contribution in [0.2, 0.25) is 0 Å². The van der Waals surface area contributed by atoms with Gasteiger partial charge in [0.1, 0.15) is 11.6 Å². The zero-order chi connectivity index (χ0) is 21.0. The molecule has 9 heteroatoms. The Balaban J connectivity index is 1.66. The van der Waals surface area contributed by atoms with Crippen LogP contribution in [0.25, 0.3) is 5.65 Å². The number of nitriles is 1. The number of hydrogen-bond acceptors (Lipinski definition) is 6. The summed E-state index contributed by atoms with van der Waals surface area (Å²) in [5, 5.41) is 14.6. The van der Waals surface area contributed by atoms with Gasteiger partial charge in [0.15, 0.2) is 17.1 Å². The quantitative estimate of drug-likeness (QED) is 0.618. The number of methoxy groups -OCH3 is 2. The van der Waals surface area contributed by atoms with Crippen molar-refractivity contribution in [3.05, 3.63) is 57.1 Å². The highest BCUT2D eigenvalue weighted by Crippen LogP contribution is 2.27. The Morgan fingerprint density at radius 3 is 2.76 bits per heavy atom. The first-order chi connectivity index (χ1) is 14.0. The van der Waals surface area contributed by atoms with Crippen LogP contribution in [0.3, 0.4) is 0 Å². The van der Waals surface area contributed by atoms with Gasteiger partial charge in [0, 0.05) is 24.0 Å². The van der Waals surface area contributed by atoms with Crippen LogP contribution in [0.15, 0.2) is 29.2 Å². The maximum absolute atomic E-state index is 12.6. The Morgan fingerprint density at radius 1 is 1.31 bits per heavy atom. The van der Waals surface area contributed by atoms with Crippen LogP contribution in [0.1, 0.15) is 22.4 Å². The average Bonchev–Trinajstić information content (AvgIpc) is 3.13. The number of hydrogen-bond donors (Lipinski definition) is 2. The molecule has 3 aromatic rings. The first-order valence-electron chi connectivity index (χ1n) is 8.95. The molecule has 0 spiro atoms. The summed E-state index contributed by atoms with van der Waals surface area (Å²) in [5.41, 5.74) is 1.85. The number of aryl methyl sites for hydroxylation is 1. The molecule has 2 heterocycles. The number of rotatable bonds is 7. The van der Waals surface area contributed by atoms with Crippen molar-refractivity contribution in [2.24, 2.45) is 0 Å². The summed E-state index contributed by atoms with van der Waals surface area (Å²) in [5.74, 6) is 0.990. The Kier molecular flexibility index (Phi) is 5.83. The van der Waals surface area contributed by atoms with Crippen molar-refractivity contribution in [3.63, 3.8) is 0 Å². The third kappa shape index (κ3) is 4.06. The lowest BCUT2D eigenvalue weighted by atomic mass is 10.1. The van der Waals surface area contributed by atoms with Crippen molar-refractivity contribution in [2.45, 2.75) is 19.8 Å². The molecule has 0 aliphatic rings. The minimum absolute atomic E-state index is 0.0898. The van der Waals surface area contributed by atoms with E-state index in [9.17, 15) is 9.59 Å². The lowest BCUT2D eigenvalue weighted by Gasteiger charge is -2.10. The van der Waals surface area contributed by atoms with E-state index in [-0.39, 0.29) is 34.7 Å². The number of carbonyl (C=O) groups is 1. The largest absolute Gasteiger partial charge is 0.493 e. The second-order valence-electron chi connectivity index (χ2n) is 6.40. The predicted octanol–water partition coefficient (Wildman–Crippen LogP) is 1.12. The van der Waals surface area contributed by atoms with E-state index in [1.807, 2.05) is 24.3 Å². The standard InChI is InChI=1S/C20H21N5O4/c1-12-15(20(27)25-19(24-12)14(10-21)11-23-25)9-18(26)22-7-6-13-4-5-16(28-2)17(8-13)29-3/h4-5,8,11,23H,6-7,9H2,1-3H3,(H,22,26). The molecule has 0 unspecified atom stereocenters. The fourth-order valence-electron chi connectivity index (χ4n) is 3.05. The van der Waals surface area contributed by atoms with Gasteiger partial charge in [-0.2, -0.15) is 5.26 Å². The normalized spacial score (nSPS) is 10.6. The molecule has 0 fully saturated rings. The van der Waals surface area contributed by atoms with E-state index in [2.05, 4.69) is 15.4 Å². The number of nitrogens with zero attached hydrogens (tertiary/aromatic N) is 3. The molecular formula is C20H21N5O4. The summed E-state index contributed by atoms with van der Waals surface area (Å²) < 4.78 is 11.7. The Hall–Kier alpha value is -3.80. The number of aromatic nitrogens is 3. The lowest BCUT2D eigenvalue weighted by Crippen LogP contribution is -2.31. The Morgan fingerprint density at radius 2 is 2.07 bits per heavy atom. The fraction of sp³-hybridized carbons (Fsp3) is 0.300. The van der Waals surface area contributed by atoms with Crippen LogP contribution in [0.5, 0.6) is 11.5 Å². The number of nitrogens with one attached hydrogen (secondary N) is 2. The number of ether oxygens (including phenoxy) is 2. The molecule has 3 rings (SSSR count). The van der Waals surface area contributed by atoms with Crippen molar-refractivity contribution in [2.75, 3.05) is 20.8 Å². The molecule has 0 saturated heterocycles. The number of amides is 1. The highest BCUT2D eigenvalue weighted by molar-refractivity contribution is 5.78. The summed E-state index contributed by atoms with van der Waals surface area (Å²) in [7, 11) is 3.14. The summed E-state index contributed by atoms with van der Waals surface area (Å²) in [6.07, 6.45) is 1.92. The van der Waals surface area contributed by atoms with E-state index in [0.29, 0.717) is 30.2 Å². The van der Waals surface area contributed by atoms with E-state index in [1.54, 1.807) is 21.1 Å². The molecule has 1 aromatic carbocycles. The molecule has 0 radical (unpaired) electrons. The summed E-state index contributed by atoms with van der Waals surface area (Å²) in [6.45, 7) is 2.06. The molecular weight excluding hydrogens is 374 g/mol. The molecule has 2 N–H and O–H groups in total. The zero-order valence-electron chi connectivity index (χ0n) is 16.4. The fourth-order valence-corrected chi connectivity index (χ4v) is 3.05. The lowest BCUT2D eigenvalue weighted by molar-refractivity contribution is -0.120. The minimum Gasteiger partial charge on any atom is -0.493 e. The van der Waals surface area contributed by atoms with E-state index in [1.165, 1.54) is 10.7 Å². The van der Waals surface area contributed by atoms with Crippen LogP contribution in [0, 0.1) is 18.3 Å². The van der Waals surface area contributed by atoms with Crippen molar-refractivity contribution in [1.82, 2.24) is 19.9 Å². The SMILES string of the molecule is COc1ccc(CCNC(=O)Cc2c(C)nc3c(C#N)c[nH]n3c2=O)cc1OC. The molecule has 0 atom stereocenters. The van der Waals surface area contributed by atoms with Crippen molar-refractivity contribution in [1.29, 1.82) is 5.26 Å². The first kappa shape index (κ1) is 19.9. The third-order valence-electron chi connectivity index (χ3n) is 4.60. The summed E-state index contributed by atoms with van der Waals surface area (Å²) in [6, 6.07) is 7.55. The number of fused-ring (bicyclic) bond motifs is 1. The maximum Gasteiger partial charge on any atom is 0.276 e. The molecule has 0 bridgehead atoms. The van der Waals surface area contributed by atoms with Gasteiger partial charge in [-0.1, -0.05) is 6.07 Å². The van der Waals surface area contributed by atoms with Gasteiger partial charge in [-0.05, 0) is 31.0 Å². The smallest absolute Gasteiger partial charge is 0.276 e. The second-order valence-corrected chi connectivity index (χ2v) is 6.40. The van der Waals surface area contributed by atoms with Crippen molar-refractivity contribution < 1.29 is 14.3 Å². The Labute approximate surface area is 166 Å². The van der Waals surface area contributed by atoms with Crippen LogP contribution >= 0.6 is 0 Å². The number of H-pyrrole nitrogens is 1. The molecule has 29 heavy (non-hydrogen) atoms. The maximum atomic E-state index is 12.6. The number of carbonyl (C=O) groups excluding carboxylic acids is 1. The summed E-state index contributed by atoms with van der Waals surface area (Å²) >= 11 is 0. The van der Waals surface area contributed by atoms with Gasteiger partial charge >= 0.3 is 0 Å². The number of aromatic amines is 1. The molecule has 150 valence electrons. The van der Waals surface area contributed by atoms with E-state index in [4.69, 9.17) is 14.7 Å². The van der Waals surface area contributed by atoms with E-state index >= 15 is 0 Å². The molecule has 0 saturated carbocycles. The highest BCUT2D eigenvalue weighted by Gasteiger charge is 2.16. The van der Waals surface area contributed by atoms with Crippen molar-refractivity contribution >= 4 is 11.6 Å². The van der Waals surface area contributed by atoms with E-state index < -0.39 is 0 Å². The van der Waals surface area contributed by atoms with Gasteiger partial charge in [0.05, 0.1) is 20.6 Å². The number of benzene rings is 1. The van der Waals surface area contributed by atoms with Gasteiger partial charge in [-0.3, -0.25) is 14.7 Å². The van der Waals surface area contributed by atoms with Crippen molar-refractivity contribution in [3.8, 4) is 17.6 Å². The Bertz CT molecular complexity index is 1160. The average molecular weight is 395 g/mol. The predicted molar refractivity (Wildman–Crippen MR) is 105 cm³/mol. The van der Waals surface area contributed by atoms with E-state index in [0.717, 1.165) is 5.56 Å². The monoisotopic (exact) mass is 395 g/mol. The van der Waals surface area contributed by atoms with Gasteiger partial charge in [0.2, 0.25) is 5.91 Å². The molecule has 0 aliphatic heterocycles. The van der Waals surface area contributed by atoms with Crippen LogP contribution in [0.4, 0.5) is 0 Å². The van der Waals surface area contributed by atoms with Crippen LogP contribution < -0.4 is 20.3 Å². The third-order valence-corrected chi connectivity index (χ3v) is 4.60. The van der Waals surface area contributed by atoms with Gasteiger partial charge in [0.25, 0.3) is 5.56 Å². The molecule has 9 nitrogen and oxygen atoms in total. The minimum atomic E-state index is -0.385. The molecule has 0 aliphatic carbocycles. The van der Waals surface area contributed by atoms with Crippen LogP contribution in [-0.4, -0.2) is 41.3 Å². The van der Waals surface area contributed by atoms with Gasteiger partial charge in [-0.25, -0.2) is 9.50 Å². The molecule has 2 aromatic heterocycles. The second kappa shape index (κ2) is 8.48. The summed E-state index contributed by atoms with van der Waals surface area (Å²) in [4.78, 5) is 29.2. The first-order valence-corrected chi connectivity index (χ1v) is 8.95. The van der Waals surface area contributed by atoms with Gasteiger partial charge in [-0.15, -0.1) is 0 Å². The zero-order valence-corrected chi connectivity index (χ0v) is 16.4.